The normalized spacial score (nSPS) is 19.6. The molecule has 5 aromatic rings. The first-order valence-corrected chi connectivity index (χ1v) is 14.8. The fourth-order valence-corrected chi connectivity index (χ4v) is 14.3. The Morgan fingerprint density at radius 3 is 1.12 bits per heavy atom. The Balaban J connectivity index is 1.69. The summed E-state index contributed by atoms with van der Waals surface area (Å²) in [6.45, 7) is 0. The molecule has 3 aliphatic rings. The summed E-state index contributed by atoms with van der Waals surface area (Å²) in [5.41, 5.74) is 9.05. The molecule has 0 spiro atoms. The third kappa shape index (κ3) is 2.53. The summed E-state index contributed by atoms with van der Waals surface area (Å²) in [4.78, 5) is 0. The summed E-state index contributed by atoms with van der Waals surface area (Å²) < 4.78 is 2.91. The van der Waals surface area contributed by atoms with Crippen molar-refractivity contribution < 1.29 is 0 Å². The average molecular weight is 480 g/mol. The molecule has 0 saturated carbocycles. The third-order valence-electron chi connectivity index (χ3n) is 7.53. The Kier molecular flexibility index (Phi) is 4.25. The van der Waals surface area contributed by atoms with Crippen molar-refractivity contribution in [2.75, 3.05) is 0 Å². The first kappa shape index (κ1) is 19.1. The summed E-state index contributed by atoms with van der Waals surface area (Å²) in [5, 5.41) is 0. The Labute approximate surface area is 199 Å². The second-order valence-corrected chi connectivity index (χ2v) is 14.6. The molecule has 0 N–H and O–H groups in total. The maximum absolute atomic E-state index is 2.42. The zero-order valence-corrected chi connectivity index (χ0v) is 20.4. The molecular weight excluding hydrogens is 457 g/mol. The molecule has 0 atom stereocenters. The van der Waals surface area contributed by atoms with Gasteiger partial charge in [0, 0.05) is 0 Å². The summed E-state index contributed by atoms with van der Waals surface area (Å²) in [7, 11) is 0. The van der Waals surface area contributed by atoms with E-state index < -0.39 is 14.3 Å². The van der Waals surface area contributed by atoms with E-state index in [4.69, 9.17) is 0 Å². The van der Waals surface area contributed by atoms with Crippen LogP contribution in [0, 0.1) is 0 Å². The van der Waals surface area contributed by atoms with Gasteiger partial charge in [-0.1, -0.05) is 0 Å². The molecule has 33 heavy (non-hydrogen) atoms. The molecule has 155 valence electrons. The topological polar surface area (TPSA) is 0 Å². The summed E-state index contributed by atoms with van der Waals surface area (Å²) in [5.74, 6) is 0.321. The van der Waals surface area contributed by atoms with Crippen LogP contribution in [-0.4, -0.2) is 14.3 Å². The van der Waals surface area contributed by atoms with Crippen LogP contribution in [0.2, 0.25) is 0 Å². The molecule has 2 bridgehead atoms. The first-order chi connectivity index (χ1) is 16.4. The van der Waals surface area contributed by atoms with Crippen molar-refractivity contribution >= 4 is 23.1 Å². The molecule has 0 fully saturated rings. The number of rotatable bonds is 3. The molecule has 1 heteroatoms. The van der Waals surface area contributed by atoms with Gasteiger partial charge in [-0.25, -0.2) is 0 Å². The zero-order chi connectivity index (χ0) is 21.8. The molecule has 8 rings (SSSR count). The van der Waals surface area contributed by atoms with Crippen LogP contribution < -0.4 is 8.79 Å². The first-order valence-electron chi connectivity index (χ1n) is 11.7. The second-order valence-electron chi connectivity index (χ2n) is 9.05. The van der Waals surface area contributed by atoms with E-state index in [1.807, 2.05) is 0 Å². The molecule has 0 heterocycles. The van der Waals surface area contributed by atoms with Crippen LogP contribution in [0.5, 0.6) is 0 Å². The fraction of sp³-hybridized carbons (Fsp3) is 0.0625. The average Bonchev–Trinajstić information content (AvgIpc) is 2.90. The zero-order valence-electron chi connectivity index (χ0n) is 18.3. The second kappa shape index (κ2) is 7.33. The van der Waals surface area contributed by atoms with E-state index >= 15 is 0 Å². The minimum atomic E-state index is -2.24. The van der Waals surface area contributed by atoms with Crippen LogP contribution in [0.1, 0.15) is 39.3 Å². The van der Waals surface area contributed by atoms with Gasteiger partial charge in [0.1, 0.15) is 0 Å². The van der Waals surface area contributed by atoms with Crippen molar-refractivity contribution in [3.8, 4) is 0 Å². The van der Waals surface area contributed by atoms with Crippen molar-refractivity contribution in [3.63, 3.8) is 0 Å². The van der Waals surface area contributed by atoms with E-state index in [1.54, 1.807) is 0 Å². The van der Waals surface area contributed by atoms with E-state index in [-0.39, 0.29) is 4.25 Å². The van der Waals surface area contributed by atoms with Crippen LogP contribution in [0.3, 0.4) is 0 Å². The van der Waals surface area contributed by atoms with Crippen molar-refractivity contribution in [2.45, 2.75) is 10.2 Å². The molecule has 0 unspecified atom stereocenters. The van der Waals surface area contributed by atoms with E-state index in [0.717, 1.165) is 0 Å². The van der Waals surface area contributed by atoms with Gasteiger partial charge in [-0.2, -0.15) is 0 Å². The molecule has 0 saturated heterocycles. The predicted octanol–water partition coefficient (Wildman–Crippen LogP) is 5.68. The van der Waals surface area contributed by atoms with Crippen LogP contribution in [0.15, 0.2) is 133 Å². The molecule has 5 aromatic carbocycles. The van der Waals surface area contributed by atoms with Gasteiger partial charge in [0.2, 0.25) is 0 Å². The van der Waals surface area contributed by atoms with Crippen molar-refractivity contribution in [1.82, 2.24) is 0 Å². The van der Waals surface area contributed by atoms with E-state index in [9.17, 15) is 0 Å². The van der Waals surface area contributed by atoms with Crippen LogP contribution in [0.25, 0.3) is 0 Å². The standard InChI is InChI=1S/C32H23Ge/c1-3-13-23(14-4-1)33(24-15-5-2-6-16-24)32-28-20-10-7-17-25(28)31(26-18-8-11-21-29(26)32)27-19-9-12-22-30(27)32/h1-22,31H. The Bertz CT molecular complexity index is 1310. The van der Waals surface area contributed by atoms with Crippen molar-refractivity contribution in [1.29, 1.82) is 0 Å². The van der Waals surface area contributed by atoms with Crippen LogP contribution >= 0.6 is 0 Å². The van der Waals surface area contributed by atoms with Gasteiger partial charge in [0.15, 0.2) is 0 Å². The van der Waals surface area contributed by atoms with Crippen molar-refractivity contribution in [3.05, 3.63) is 167 Å². The number of benzene rings is 5. The van der Waals surface area contributed by atoms with Crippen LogP contribution in [-0.2, 0) is 4.25 Å². The molecule has 1 radical (unpaired) electrons. The van der Waals surface area contributed by atoms with Crippen molar-refractivity contribution in [2.24, 2.45) is 0 Å². The SMILES string of the molecule is c1cc[c]([Ge]([c]2ccccc2)[C]23c4ccccc4C(c4ccccc42)c2ccccc23)cc1. The Morgan fingerprint density at radius 2 is 0.727 bits per heavy atom. The predicted molar refractivity (Wildman–Crippen MR) is 138 cm³/mol. The summed E-state index contributed by atoms with van der Waals surface area (Å²) >= 11 is -2.24. The summed E-state index contributed by atoms with van der Waals surface area (Å²) in [6.07, 6.45) is 0. The molecule has 0 nitrogen and oxygen atoms in total. The molecule has 0 amide bonds. The van der Waals surface area contributed by atoms with Gasteiger partial charge in [0.05, 0.1) is 0 Å². The van der Waals surface area contributed by atoms with Gasteiger partial charge >= 0.3 is 200 Å². The molecule has 0 aliphatic heterocycles. The van der Waals surface area contributed by atoms with E-state index in [2.05, 4.69) is 133 Å². The quantitative estimate of drug-likeness (QED) is 0.292. The number of hydrogen-bond donors (Lipinski definition) is 0. The van der Waals surface area contributed by atoms with Crippen LogP contribution in [0.4, 0.5) is 0 Å². The molecule has 0 aromatic heterocycles. The van der Waals surface area contributed by atoms with Gasteiger partial charge in [-0.15, -0.1) is 0 Å². The van der Waals surface area contributed by atoms with Gasteiger partial charge in [0.25, 0.3) is 0 Å². The Hall–Kier alpha value is -3.36. The minimum absolute atomic E-state index is 0.124. The van der Waals surface area contributed by atoms with Gasteiger partial charge in [-0.3, -0.25) is 0 Å². The molecule has 3 aliphatic carbocycles. The molecular formula is C32H23Ge. The summed E-state index contributed by atoms with van der Waals surface area (Å²) in [6, 6.07) is 50.5. The van der Waals surface area contributed by atoms with E-state index in [0.29, 0.717) is 5.92 Å². The maximum atomic E-state index is 2.42. The van der Waals surface area contributed by atoms with Gasteiger partial charge < -0.3 is 0 Å². The van der Waals surface area contributed by atoms with E-state index in [1.165, 1.54) is 42.2 Å². The third-order valence-corrected chi connectivity index (χ3v) is 14.6. The number of hydrogen-bond acceptors (Lipinski definition) is 0. The fourth-order valence-electron chi connectivity index (χ4n) is 6.42. The van der Waals surface area contributed by atoms with Gasteiger partial charge in [-0.05, 0) is 0 Å². The monoisotopic (exact) mass is 481 g/mol. The Morgan fingerprint density at radius 1 is 0.394 bits per heavy atom.